The normalized spacial score (nSPS) is 11.7. The van der Waals surface area contributed by atoms with Crippen LogP contribution in [0, 0.1) is 0 Å². The maximum absolute atomic E-state index is 2.65. The van der Waals surface area contributed by atoms with E-state index < -0.39 is 0 Å². The summed E-state index contributed by atoms with van der Waals surface area (Å²) in [5, 5.41) is 0. The number of thioether (sulfide) groups is 3. The van der Waals surface area contributed by atoms with E-state index in [4.69, 9.17) is 0 Å². The SMILES string of the molecule is CCCCCCCCCCCCCCCCCCCCCCSc1cc(CCCC)cc(SCCCCCCCCCCCCCCCCCCCCCC)c1SCCCCCCCCCCCCCCCCCCCCCC. The van der Waals surface area contributed by atoms with Crippen molar-refractivity contribution in [2.24, 2.45) is 0 Å². The molecule has 0 radical (unpaired) electrons. The van der Waals surface area contributed by atoms with Gasteiger partial charge in [-0.15, -0.1) is 35.3 Å². The van der Waals surface area contributed by atoms with E-state index in [9.17, 15) is 0 Å². The summed E-state index contributed by atoms with van der Waals surface area (Å²) in [6, 6.07) is 5.30. The Labute approximate surface area is 513 Å². The van der Waals surface area contributed by atoms with Gasteiger partial charge in [-0.1, -0.05) is 400 Å². The predicted molar refractivity (Wildman–Crippen MR) is 371 cm³/mol. The lowest BCUT2D eigenvalue weighted by molar-refractivity contribution is 0.523. The van der Waals surface area contributed by atoms with Crippen LogP contribution in [-0.2, 0) is 6.42 Å². The van der Waals surface area contributed by atoms with E-state index in [1.807, 2.05) is 0 Å². The maximum atomic E-state index is 2.65. The third-order valence-electron chi connectivity index (χ3n) is 17.7. The molecule has 1 aromatic carbocycles. The highest BCUT2D eigenvalue weighted by Gasteiger charge is 2.14. The molecule has 468 valence electrons. The molecule has 0 fully saturated rings. The van der Waals surface area contributed by atoms with Crippen molar-refractivity contribution in [2.75, 3.05) is 17.3 Å². The average molecular weight is 1160 g/mol. The van der Waals surface area contributed by atoms with Crippen molar-refractivity contribution in [3.63, 3.8) is 0 Å². The summed E-state index contributed by atoms with van der Waals surface area (Å²) < 4.78 is 0. The molecule has 0 saturated heterocycles. The molecule has 0 aliphatic rings. The molecular weight excluding hydrogens is 1010 g/mol. The molecule has 0 atom stereocenters. The second-order valence-electron chi connectivity index (χ2n) is 25.7. The predicted octanol–water partition coefficient (Wildman–Crippen LogP) is 29.8. The van der Waals surface area contributed by atoms with Gasteiger partial charge in [-0.05, 0) is 67.1 Å². The van der Waals surface area contributed by atoms with Gasteiger partial charge in [0.05, 0.1) is 0 Å². The zero-order valence-electron chi connectivity index (χ0n) is 55.0. The summed E-state index contributed by atoms with van der Waals surface area (Å²) in [7, 11) is 0. The minimum atomic E-state index is 1.25. The van der Waals surface area contributed by atoms with E-state index in [1.54, 1.807) is 20.2 Å². The van der Waals surface area contributed by atoms with E-state index in [0.717, 1.165) is 0 Å². The van der Waals surface area contributed by atoms with E-state index in [2.05, 4.69) is 75.1 Å². The zero-order valence-corrected chi connectivity index (χ0v) is 57.5. The molecule has 1 aromatic rings. The first-order chi connectivity index (χ1) is 39.3. The molecule has 0 aliphatic heterocycles. The zero-order chi connectivity index (χ0) is 56.5. The summed E-state index contributed by atoms with van der Waals surface area (Å²) in [4.78, 5) is 4.93. The highest BCUT2D eigenvalue weighted by molar-refractivity contribution is 8.03. The monoisotopic (exact) mass is 1160 g/mol. The van der Waals surface area contributed by atoms with Crippen LogP contribution in [0.1, 0.15) is 431 Å². The number of rotatable bonds is 69. The van der Waals surface area contributed by atoms with Crippen LogP contribution in [0.2, 0.25) is 0 Å². The highest BCUT2D eigenvalue weighted by atomic mass is 32.2. The molecule has 0 amide bonds. The van der Waals surface area contributed by atoms with Gasteiger partial charge in [0, 0.05) is 14.7 Å². The van der Waals surface area contributed by atoms with Crippen LogP contribution in [-0.4, -0.2) is 17.3 Å². The van der Waals surface area contributed by atoms with Crippen LogP contribution >= 0.6 is 35.3 Å². The van der Waals surface area contributed by atoms with Crippen LogP contribution < -0.4 is 0 Å². The molecule has 0 aromatic heterocycles. The van der Waals surface area contributed by atoms with Gasteiger partial charge < -0.3 is 0 Å². The molecule has 3 heteroatoms. The largest absolute Gasteiger partial charge is 0.125 e. The third kappa shape index (κ3) is 57.1. The van der Waals surface area contributed by atoms with Crippen molar-refractivity contribution in [3.05, 3.63) is 17.7 Å². The number of unbranched alkanes of at least 4 members (excludes halogenated alkanes) is 58. The molecule has 1 rings (SSSR count). The Kier molecular flexibility index (Phi) is 65.9. The van der Waals surface area contributed by atoms with Crippen molar-refractivity contribution in [1.82, 2.24) is 0 Å². The third-order valence-corrected chi connectivity index (χ3v) is 21.4. The maximum Gasteiger partial charge on any atom is 0.0344 e. The van der Waals surface area contributed by atoms with Crippen LogP contribution in [0.5, 0.6) is 0 Å². The average Bonchev–Trinajstić information content (AvgIpc) is 3.47. The van der Waals surface area contributed by atoms with Crippen LogP contribution in [0.3, 0.4) is 0 Å². The molecule has 0 heterocycles. The van der Waals surface area contributed by atoms with Gasteiger partial charge in [0.25, 0.3) is 0 Å². The van der Waals surface area contributed by atoms with Gasteiger partial charge in [0.1, 0.15) is 0 Å². The van der Waals surface area contributed by atoms with E-state index >= 15 is 0 Å². The Morgan fingerprint density at radius 2 is 0.354 bits per heavy atom. The minimum absolute atomic E-state index is 1.25. The summed E-state index contributed by atoms with van der Waals surface area (Å²) in [5.41, 5.74) is 1.61. The molecule has 0 spiro atoms. The van der Waals surface area contributed by atoms with Gasteiger partial charge in [-0.3, -0.25) is 0 Å². The van der Waals surface area contributed by atoms with Gasteiger partial charge in [0.2, 0.25) is 0 Å². The molecule has 0 unspecified atom stereocenters. The topological polar surface area (TPSA) is 0 Å². The summed E-state index contributed by atoms with van der Waals surface area (Å²) >= 11 is 6.69. The van der Waals surface area contributed by atoms with E-state index in [-0.39, 0.29) is 0 Å². The molecule has 79 heavy (non-hydrogen) atoms. The molecule has 0 aliphatic carbocycles. The second kappa shape index (κ2) is 67.4. The van der Waals surface area contributed by atoms with Crippen LogP contribution in [0.25, 0.3) is 0 Å². The van der Waals surface area contributed by atoms with Crippen molar-refractivity contribution >= 4 is 35.3 Å². The van der Waals surface area contributed by atoms with Crippen molar-refractivity contribution in [3.8, 4) is 0 Å². The number of benzene rings is 1. The molecular formula is C76H146S3. The van der Waals surface area contributed by atoms with Crippen molar-refractivity contribution in [2.45, 2.75) is 447 Å². The Balaban J connectivity index is 2.43. The van der Waals surface area contributed by atoms with Crippen molar-refractivity contribution in [1.29, 1.82) is 0 Å². The molecule has 0 nitrogen and oxygen atoms in total. The lowest BCUT2D eigenvalue weighted by Crippen LogP contribution is -1.95. The number of hydrogen-bond donors (Lipinski definition) is 0. The van der Waals surface area contributed by atoms with Gasteiger partial charge in [-0.25, -0.2) is 0 Å². The van der Waals surface area contributed by atoms with E-state index in [0.29, 0.717) is 0 Å². The Morgan fingerprint density at radius 3 is 0.544 bits per heavy atom. The van der Waals surface area contributed by atoms with Crippen molar-refractivity contribution < 1.29 is 0 Å². The first-order valence-electron chi connectivity index (χ1n) is 37.3. The number of aryl methyl sites for hydroxylation is 1. The fourth-order valence-electron chi connectivity index (χ4n) is 12.1. The van der Waals surface area contributed by atoms with Gasteiger partial charge in [0.15, 0.2) is 0 Å². The second-order valence-corrected chi connectivity index (χ2v) is 29.1. The lowest BCUT2D eigenvalue weighted by Gasteiger charge is -2.17. The Bertz CT molecular complexity index is 1210. The van der Waals surface area contributed by atoms with E-state index in [1.165, 1.54) is 422 Å². The first kappa shape index (κ1) is 77.3. The fraction of sp³-hybridized carbons (Fsp3) is 0.921. The van der Waals surface area contributed by atoms with Crippen LogP contribution in [0.15, 0.2) is 26.8 Å². The van der Waals surface area contributed by atoms with Gasteiger partial charge in [-0.2, -0.15) is 0 Å². The summed E-state index contributed by atoms with van der Waals surface area (Å²) in [5.74, 6) is 3.89. The standard InChI is InChI=1S/C76H146S3/c1-5-9-13-16-19-22-25-28-31-34-37-40-43-46-49-52-55-58-61-64-68-77-74-71-73(67-12-8-4)72-75(78-69-65-62-59-56-53-50-47-44-41-38-35-32-29-26-23-20-17-14-10-6-2)76(74)79-70-66-63-60-57-54-51-48-45-42-39-36-33-30-27-24-21-18-15-11-7-3/h71-72H,5-70H2,1-4H3. The smallest absolute Gasteiger partial charge is 0.0344 e. The Hall–Kier alpha value is 0.270. The molecule has 0 N–H and O–H groups in total. The Morgan fingerprint density at radius 1 is 0.190 bits per heavy atom. The van der Waals surface area contributed by atoms with Crippen LogP contribution in [0.4, 0.5) is 0 Å². The fourth-order valence-corrected chi connectivity index (χ4v) is 15.9. The molecule has 0 bridgehead atoms. The quantitative estimate of drug-likeness (QED) is 0.0471. The summed E-state index contributed by atoms with van der Waals surface area (Å²) in [6.45, 7) is 9.34. The first-order valence-corrected chi connectivity index (χ1v) is 40.3. The minimum Gasteiger partial charge on any atom is -0.125 e. The van der Waals surface area contributed by atoms with Gasteiger partial charge >= 0.3 is 0 Å². The lowest BCUT2D eigenvalue weighted by atomic mass is 10.0. The molecule has 0 saturated carbocycles. The summed E-state index contributed by atoms with van der Waals surface area (Å²) in [6.07, 6.45) is 91.4. The highest BCUT2D eigenvalue weighted by Crippen LogP contribution is 2.41. The number of hydrogen-bond acceptors (Lipinski definition) is 3.